The van der Waals surface area contributed by atoms with Gasteiger partial charge in [0.05, 0.1) is 12.7 Å². The summed E-state index contributed by atoms with van der Waals surface area (Å²) in [5, 5.41) is 0.499. The number of nitrogens with zero attached hydrogens (tertiary/aromatic N) is 2. The first-order valence-electron chi connectivity index (χ1n) is 3.88. The van der Waals surface area contributed by atoms with Gasteiger partial charge in [-0.05, 0) is 25.4 Å². The molecule has 72 valence electrons. The highest BCUT2D eigenvalue weighted by Gasteiger charge is 2.04. The lowest BCUT2D eigenvalue weighted by Gasteiger charge is -2.07. The molecular formula is C8H10Cl2N2O. The van der Waals surface area contributed by atoms with E-state index in [0.717, 1.165) is 5.56 Å². The van der Waals surface area contributed by atoms with Crippen molar-refractivity contribution in [3.05, 3.63) is 22.2 Å². The first kappa shape index (κ1) is 10.7. The second kappa shape index (κ2) is 4.74. The average molecular weight is 221 g/mol. The van der Waals surface area contributed by atoms with Gasteiger partial charge < -0.3 is 4.74 Å². The molecule has 3 nitrogen and oxygen atoms in total. The first-order chi connectivity index (χ1) is 6.09. The quantitative estimate of drug-likeness (QED) is 0.581. The number of hydrogen-bond acceptors (Lipinski definition) is 3. The van der Waals surface area contributed by atoms with Crippen molar-refractivity contribution < 1.29 is 4.74 Å². The van der Waals surface area contributed by atoms with E-state index in [1.807, 2.05) is 13.8 Å². The van der Waals surface area contributed by atoms with E-state index in [-0.39, 0.29) is 11.4 Å². The molecule has 1 aromatic rings. The zero-order chi connectivity index (χ0) is 9.84. The van der Waals surface area contributed by atoms with Crippen LogP contribution in [0.1, 0.15) is 19.4 Å². The fourth-order valence-electron chi connectivity index (χ4n) is 0.719. The molecule has 0 spiro atoms. The predicted octanol–water partition coefficient (Wildman–Crippen LogP) is 2.71. The average Bonchev–Trinajstić information content (AvgIpc) is 2.02. The molecule has 0 fully saturated rings. The SMILES string of the molecule is CC(C)OCc1cnc(Cl)nc1Cl. The van der Waals surface area contributed by atoms with Crippen LogP contribution in [0.5, 0.6) is 0 Å². The van der Waals surface area contributed by atoms with Crippen molar-refractivity contribution in [2.75, 3.05) is 0 Å². The van der Waals surface area contributed by atoms with E-state index in [1.54, 1.807) is 6.20 Å². The van der Waals surface area contributed by atoms with E-state index in [1.165, 1.54) is 0 Å². The summed E-state index contributed by atoms with van der Waals surface area (Å²) >= 11 is 11.3. The Bertz CT molecular complexity index is 291. The third kappa shape index (κ3) is 3.46. The number of ether oxygens (including phenoxy) is 1. The van der Waals surface area contributed by atoms with Gasteiger partial charge in [0.15, 0.2) is 0 Å². The Morgan fingerprint density at radius 2 is 2.15 bits per heavy atom. The van der Waals surface area contributed by atoms with Gasteiger partial charge in [-0.2, -0.15) is 0 Å². The standard InChI is InChI=1S/C8H10Cl2N2O/c1-5(2)13-4-6-3-11-8(10)12-7(6)9/h3,5H,4H2,1-2H3. The molecule has 0 aliphatic rings. The van der Waals surface area contributed by atoms with E-state index in [4.69, 9.17) is 27.9 Å². The van der Waals surface area contributed by atoms with Crippen LogP contribution in [0.2, 0.25) is 10.4 Å². The van der Waals surface area contributed by atoms with Gasteiger partial charge in [-0.1, -0.05) is 11.6 Å². The lowest BCUT2D eigenvalue weighted by Crippen LogP contribution is -2.03. The van der Waals surface area contributed by atoms with Crippen LogP contribution in [0.15, 0.2) is 6.20 Å². The molecule has 0 aliphatic carbocycles. The van der Waals surface area contributed by atoms with Crippen LogP contribution in [-0.4, -0.2) is 16.1 Å². The van der Waals surface area contributed by atoms with Gasteiger partial charge in [-0.25, -0.2) is 9.97 Å². The van der Waals surface area contributed by atoms with Gasteiger partial charge in [0.25, 0.3) is 0 Å². The zero-order valence-corrected chi connectivity index (χ0v) is 8.93. The minimum atomic E-state index is 0.151. The van der Waals surface area contributed by atoms with Gasteiger partial charge in [0.1, 0.15) is 5.15 Å². The summed E-state index contributed by atoms with van der Waals surface area (Å²) in [5.41, 5.74) is 0.750. The van der Waals surface area contributed by atoms with Gasteiger partial charge in [-0.3, -0.25) is 0 Å². The summed E-state index contributed by atoms with van der Waals surface area (Å²) < 4.78 is 5.34. The molecule has 0 amide bonds. The summed E-state index contributed by atoms with van der Waals surface area (Å²) in [7, 11) is 0. The summed E-state index contributed by atoms with van der Waals surface area (Å²) in [6.07, 6.45) is 1.73. The molecular weight excluding hydrogens is 211 g/mol. The van der Waals surface area contributed by atoms with Crippen molar-refractivity contribution in [2.24, 2.45) is 0 Å². The maximum atomic E-state index is 5.80. The van der Waals surface area contributed by atoms with Crippen LogP contribution in [0.25, 0.3) is 0 Å². The molecule has 0 saturated heterocycles. The Morgan fingerprint density at radius 3 is 2.69 bits per heavy atom. The smallest absolute Gasteiger partial charge is 0.223 e. The van der Waals surface area contributed by atoms with Gasteiger partial charge >= 0.3 is 0 Å². The van der Waals surface area contributed by atoms with Crippen LogP contribution in [-0.2, 0) is 11.3 Å². The lowest BCUT2D eigenvalue weighted by atomic mass is 10.3. The van der Waals surface area contributed by atoms with Crippen molar-refractivity contribution in [2.45, 2.75) is 26.6 Å². The van der Waals surface area contributed by atoms with Gasteiger partial charge in [0.2, 0.25) is 5.28 Å². The summed E-state index contributed by atoms with van der Waals surface area (Å²) in [5.74, 6) is 0. The minimum absolute atomic E-state index is 0.151. The molecule has 5 heteroatoms. The fourth-order valence-corrected chi connectivity index (χ4v) is 1.08. The van der Waals surface area contributed by atoms with Gasteiger partial charge in [-0.15, -0.1) is 0 Å². The first-order valence-corrected chi connectivity index (χ1v) is 4.63. The number of aromatic nitrogens is 2. The molecule has 0 N–H and O–H groups in total. The van der Waals surface area contributed by atoms with E-state index >= 15 is 0 Å². The fraction of sp³-hybridized carbons (Fsp3) is 0.500. The van der Waals surface area contributed by atoms with Crippen molar-refractivity contribution in [3.8, 4) is 0 Å². The Kier molecular flexibility index (Phi) is 3.90. The Hall–Kier alpha value is -0.380. The van der Waals surface area contributed by atoms with E-state index < -0.39 is 0 Å². The second-order valence-corrected chi connectivity index (χ2v) is 3.51. The summed E-state index contributed by atoms with van der Waals surface area (Å²) in [4.78, 5) is 7.60. The molecule has 13 heavy (non-hydrogen) atoms. The normalized spacial score (nSPS) is 10.8. The topological polar surface area (TPSA) is 35.0 Å². The van der Waals surface area contributed by atoms with Crippen LogP contribution >= 0.6 is 23.2 Å². The number of halogens is 2. The predicted molar refractivity (Wildman–Crippen MR) is 52.0 cm³/mol. The number of rotatable bonds is 3. The highest BCUT2D eigenvalue weighted by atomic mass is 35.5. The third-order valence-electron chi connectivity index (χ3n) is 1.35. The lowest BCUT2D eigenvalue weighted by molar-refractivity contribution is 0.0654. The van der Waals surface area contributed by atoms with E-state index in [2.05, 4.69) is 9.97 Å². The molecule has 1 rings (SSSR count). The van der Waals surface area contributed by atoms with Crippen LogP contribution in [0.4, 0.5) is 0 Å². The third-order valence-corrected chi connectivity index (χ3v) is 1.86. The molecule has 1 aromatic heterocycles. The van der Waals surface area contributed by atoms with Crippen molar-refractivity contribution in [1.29, 1.82) is 0 Å². The largest absolute Gasteiger partial charge is 0.374 e. The minimum Gasteiger partial charge on any atom is -0.374 e. The highest BCUT2D eigenvalue weighted by molar-refractivity contribution is 6.32. The molecule has 0 atom stereocenters. The van der Waals surface area contributed by atoms with Crippen molar-refractivity contribution >= 4 is 23.2 Å². The maximum absolute atomic E-state index is 5.80. The van der Waals surface area contributed by atoms with Crippen molar-refractivity contribution in [3.63, 3.8) is 0 Å². The molecule has 1 heterocycles. The molecule has 0 unspecified atom stereocenters. The van der Waals surface area contributed by atoms with Crippen LogP contribution < -0.4 is 0 Å². The molecule has 0 saturated carbocycles. The van der Waals surface area contributed by atoms with E-state index in [9.17, 15) is 0 Å². The Morgan fingerprint density at radius 1 is 1.46 bits per heavy atom. The molecule has 0 aliphatic heterocycles. The highest BCUT2D eigenvalue weighted by Crippen LogP contribution is 2.15. The van der Waals surface area contributed by atoms with Gasteiger partial charge in [0, 0.05) is 11.8 Å². The molecule has 0 radical (unpaired) electrons. The Labute approximate surface area is 87.1 Å². The summed E-state index contributed by atoms with van der Waals surface area (Å²) in [6.45, 7) is 4.31. The monoisotopic (exact) mass is 220 g/mol. The van der Waals surface area contributed by atoms with Crippen LogP contribution in [0, 0.1) is 0 Å². The zero-order valence-electron chi connectivity index (χ0n) is 7.42. The maximum Gasteiger partial charge on any atom is 0.223 e. The summed E-state index contributed by atoms with van der Waals surface area (Å²) in [6, 6.07) is 0. The Balaban J connectivity index is 2.67. The molecule has 0 aromatic carbocycles. The number of hydrogen-bond donors (Lipinski definition) is 0. The second-order valence-electron chi connectivity index (χ2n) is 2.81. The van der Waals surface area contributed by atoms with Crippen molar-refractivity contribution in [1.82, 2.24) is 9.97 Å². The molecule has 0 bridgehead atoms. The van der Waals surface area contributed by atoms with E-state index in [0.29, 0.717) is 11.8 Å². The van der Waals surface area contributed by atoms with Crippen LogP contribution in [0.3, 0.4) is 0 Å².